The van der Waals surface area contributed by atoms with Crippen molar-refractivity contribution in [1.29, 1.82) is 0 Å². The fourth-order valence-electron chi connectivity index (χ4n) is 3.56. The summed E-state index contributed by atoms with van der Waals surface area (Å²) in [5, 5.41) is 10.7. The van der Waals surface area contributed by atoms with Crippen LogP contribution in [0.2, 0.25) is 0 Å². The van der Waals surface area contributed by atoms with Crippen molar-refractivity contribution in [2.75, 3.05) is 22.6 Å². The first-order chi connectivity index (χ1) is 14.4. The maximum Gasteiger partial charge on any atom is 0.246 e. The number of anilines is 3. The number of benzene rings is 1. The second-order valence-corrected chi connectivity index (χ2v) is 7.83. The number of nitrogens with zero attached hydrogens (tertiary/aromatic N) is 5. The Morgan fingerprint density at radius 1 is 1.20 bits per heavy atom. The lowest BCUT2D eigenvalue weighted by Gasteiger charge is -2.32. The normalized spacial score (nSPS) is 16.7. The van der Waals surface area contributed by atoms with Gasteiger partial charge in [0.1, 0.15) is 11.7 Å². The molecule has 1 amide bonds. The lowest BCUT2D eigenvalue weighted by molar-refractivity contribution is -0.117. The smallest absolute Gasteiger partial charge is 0.246 e. The molecule has 0 fully saturated rings. The Morgan fingerprint density at radius 2 is 1.97 bits per heavy atom. The molecular weight excluding hydrogens is 378 g/mol. The Bertz CT molecular complexity index is 1050. The number of hydrogen-bond donors (Lipinski definition) is 2. The number of rotatable bonds is 6. The van der Waals surface area contributed by atoms with Gasteiger partial charge in [-0.05, 0) is 32.8 Å². The van der Waals surface area contributed by atoms with Gasteiger partial charge < -0.3 is 15.5 Å². The van der Waals surface area contributed by atoms with Crippen LogP contribution in [0, 0.1) is 6.92 Å². The van der Waals surface area contributed by atoms with Crippen LogP contribution in [0.25, 0.3) is 0 Å². The molecule has 0 aliphatic carbocycles. The van der Waals surface area contributed by atoms with Crippen molar-refractivity contribution in [3.8, 4) is 0 Å². The summed E-state index contributed by atoms with van der Waals surface area (Å²) in [7, 11) is 1.87. The second-order valence-electron chi connectivity index (χ2n) is 7.83. The van der Waals surface area contributed by atoms with Crippen LogP contribution in [0.4, 0.5) is 17.5 Å². The number of aromatic nitrogens is 4. The summed E-state index contributed by atoms with van der Waals surface area (Å²) in [5.74, 6) is 1.21. The minimum absolute atomic E-state index is 0.0468. The van der Waals surface area contributed by atoms with Gasteiger partial charge in [-0.3, -0.25) is 9.48 Å². The molecule has 1 unspecified atom stereocenters. The van der Waals surface area contributed by atoms with Gasteiger partial charge in [-0.25, -0.2) is 4.98 Å². The molecule has 3 heterocycles. The van der Waals surface area contributed by atoms with E-state index in [1.165, 1.54) is 5.56 Å². The van der Waals surface area contributed by atoms with Crippen molar-refractivity contribution in [3.05, 3.63) is 59.5 Å². The molecule has 0 radical (unpaired) electrons. The molecule has 2 N–H and O–H groups in total. The average molecular weight is 406 g/mol. The van der Waals surface area contributed by atoms with Gasteiger partial charge in [-0.2, -0.15) is 10.1 Å². The first-order valence-corrected chi connectivity index (χ1v) is 10.2. The summed E-state index contributed by atoms with van der Waals surface area (Å²) in [4.78, 5) is 23.0. The van der Waals surface area contributed by atoms with Gasteiger partial charge in [-0.15, -0.1) is 0 Å². The maximum atomic E-state index is 12.1. The maximum absolute atomic E-state index is 12.1. The Kier molecular flexibility index (Phi) is 5.39. The molecule has 2 atom stereocenters. The summed E-state index contributed by atoms with van der Waals surface area (Å²) < 4.78 is 1.99. The minimum atomic E-state index is -0.274. The molecule has 0 bridgehead atoms. The summed E-state index contributed by atoms with van der Waals surface area (Å²) in [6, 6.07) is 10.4. The van der Waals surface area contributed by atoms with Gasteiger partial charge in [-0.1, -0.05) is 30.3 Å². The van der Waals surface area contributed by atoms with Crippen LogP contribution in [-0.4, -0.2) is 38.7 Å². The Balaban J connectivity index is 1.43. The van der Waals surface area contributed by atoms with Crippen molar-refractivity contribution >= 4 is 23.4 Å². The number of aryl methyl sites for hydroxylation is 1. The third-order valence-corrected chi connectivity index (χ3v) is 5.54. The topological polar surface area (TPSA) is 88.0 Å². The molecule has 0 saturated heterocycles. The number of likely N-dealkylation sites (N-methyl/N-ethyl adjacent to an activating group) is 1. The minimum Gasteiger partial charge on any atom is -0.350 e. The highest BCUT2D eigenvalue weighted by molar-refractivity contribution is 6.03. The molecule has 30 heavy (non-hydrogen) atoms. The Morgan fingerprint density at radius 3 is 2.73 bits per heavy atom. The van der Waals surface area contributed by atoms with Crippen molar-refractivity contribution in [2.24, 2.45) is 0 Å². The van der Waals surface area contributed by atoms with Gasteiger partial charge in [0.05, 0.1) is 17.9 Å². The third-order valence-electron chi connectivity index (χ3n) is 5.54. The van der Waals surface area contributed by atoms with E-state index in [9.17, 15) is 4.79 Å². The molecule has 3 aromatic rings. The van der Waals surface area contributed by atoms with E-state index in [-0.39, 0.29) is 18.0 Å². The zero-order chi connectivity index (χ0) is 21.3. The molecule has 4 rings (SSSR count). The van der Waals surface area contributed by atoms with Crippen LogP contribution in [0.3, 0.4) is 0 Å². The van der Waals surface area contributed by atoms with Crippen molar-refractivity contribution in [2.45, 2.75) is 45.8 Å². The molecule has 0 spiro atoms. The number of nitrogens with one attached hydrogen (secondary N) is 2. The monoisotopic (exact) mass is 405 g/mol. The number of hydrogen-bond acceptors (Lipinski definition) is 6. The quantitative estimate of drug-likeness (QED) is 0.655. The second kappa shape index (κ2) is 8.14. The largest absolute Gasteiger partial charge is 0.350 e. The Hall–Kier alpha value is -3.42. The lowest BCUT2D eigenvalue weighted by atomic mass is 10.1. The van der Waals surface area contributed by atoms with Crippen LogP contribution >= 0.6 is 0 Å². The zero-order valence-corrected chi connectivity index (χ0v) is 17.8. The van der Waals surface area contributed by atoms with E-state index in [4.69, 9.17) is 0 Å². The van der Waals surface area contributed by atoms with Crippen LogP contribution < -0.4 is 15.5 Å². The highest BCUT2D eigenvalue weighted by atomic mass is 16.2. The van der Waals surface area contributed by atoms with Gasteiger partial charge in [0.2, 0.25) is 11.9 Å². The molecule has 156 valence electrons. The Labute approximate surface area is 176 Å². The zero-order valence-electron chi connectivity index (χ0n) is 17.8. The van der Waals surface area contributed by atoms with E-state index >= 15 is 0 Å². The summed E-state index contributed by atoms with van der Waals surface area (Å²) in [6.07, 6.45) is 4.85. The van der Waals surface area contributed by atoms with Crippen LogP contribution in [0.5, 0.6) is 0 Å². The van der Waals surface area contributed by atoms with E-state index < -0.39 is 0 Å². The first kappa shape index (κ1) is 19.9. The molecule has 1 aromatic carbocycles. The van der Waals surface area contributed by atoms with Gasteiger partial charge >= 0.3 is 0 Å². The predicted octanol–water partition coefficient (Wildman–Crippen LogP) is 3.17. The van der Waals surface area contributed by atoms with Crippen molar-refractivity contribution in [3.63, 3.8) is 0 Å². The fourth-order valence-corrected chi connectivity index (χ4v) is 3.56. The molecule has 1 aliphatic rings. The summed E-state index contributed by atoms with van der Waals surface area (Å²) in [5.41, 5.74) is 3.77. The standard InChI is InChI=1S/C22H27N7O/c1-14(10-17-8-6-5-7-9-17)29-13-18(12-24-29)11-23-22-25-15(2)19-20(27-22)28(4)16(3)21(30)26-19/h5-9,12-14,16H,10-11H2,1-4H3,(H,26,30)(H,23,25,27)/t14?,16-/m0/s1. The van der Waals surface area contributed by atoms with Crippen LogP contribution in [-0.2, 0) is 17.8 Å². The van der Waals surface area contributed by atoms with Gasteiger partial charge in [0.25, 0.3) is 0 Å². The highest BCUT2D eigenvalue weighted by Crippen LogP contribution is 2.32. The van der Waals surface area contributed by atoms with E-state index in [1.807, 2.05) is 42.7 Å². The number of amides is 1. The van der Waals surface area contributed by atoms with Gasteiger partial charge in [0.15, 0.2) is 5.82 Å². The average Bonchev–Trinajstić information content (AvgIpc) is 3.21. The SMILES string of the molecule is Cc1nc(NCc2cnn(C(C)Cc3ccccc3)c2)nc2c1NC(=O)[C@H](C)N2C. The van der Waals surface area contributed by atoms with E-state index in [1.54, 1.807) is 0 Å². The molecule has 8 heteroatoms. The van der Waals surface area contributed by atoms with Gasteiger partial charge in [0, 0.05) is 25.4 Å². The third kappa shape index (κ3) is 3.98. The summed E-state index contributed by atoms with van der Waals surface area (Å²) in [6.45, 7) is 6.47. The molecule has 2 aromatic heterocycles. The highest BCUT2D eigenvalue weighted by Gasteiger charge is 2.30. The predicted molar refractivity (Wildman–Crippen MR) is 118 cm³/mol. The van der Waals surface area contributed by atoms with Crippen LogP contribution in [0.15, 0.2) is 42.7 Å². The van der Waals surface area contributed by atoms with Crippen molar-refractivity contribution < 1.29 is 4.79 Å². The number of carbonyl (C=O) groups is 1. The lowest BCUT2D eigenvalue weighted by Crippen LogP contribution is -2.44. The van der Waals surface area contributed by atoms with Crippen molar-refractivity contribution in [1.82, 2.24) is 19.7 Å². The van der Waals surface area contributed by atoms with E-state index in [0.29, 0.717) is 18.2 Å². The molecule has 0 saturated carbocycles. The van der Waals surface area contributed by atoms with E-state index in [2.05, 4.69) is 63.1 Å². The number of fused-ring (bicyclic) bond motifs is 1. The molecule has 8 nitrogen and oxygen atoms in total. The fraction of sp³-hybridized carbons (Fsp3) is 0.364. The first-order valence-electron chi connectivity index (χ1n) is 10.2. The molecular formula is C22H27N7O. The summed E-state index contributed by atoms with van der Waals surface area (Å²) >= 11 is 0. The van der Waals surface area contributed by atoms with E-state index in [0.717, 1.165) is 23.5 Å². The molecule has 1 aliphatic heterocycles. The number of carbonyl (C=O) groups excluding carboxylic acids is 1. The van der Waals surface area contributed by atoms with Crippen LogP contribution in [0.1, 0.15) is 36.7 Å².